The Morgan fingerprint density at radius 3 is 2.17 bits per heavy atom. The number of halogens is 1. The van der Waals surface area contributed by atoms with E-state index < -0.39 is 0 Å². The van der Waals surface area contributed by atoms with E-state index in [9.17, 15) is 4.39 Å². The summed E-state index contributed by atoms with van der Waals surface area (Å²) in [7, 11) is 0. The second-order valence-corrected chi connectivity index (χ2v) is 9.28. The van der Waals surface area contributed by atoms with Crippen molar-refractivity contribution in [2.24, 2.45) is 5.92 Å². The molecule has 3 aromatic carbocycles. The Bertz CT molecular complexity index is 932. The molecule has 0 N–H and O–H groups in total. The number of hydrogen-bond donors (Lipinski definition) is 0. The Balaban J connectivity index is 1.28. The van der Waals surface area contributed by atoms with E-state index in [4.69, 9.17) is 0 Å². The van der Waals surface area contributed by atoms with Crippen LogP contribution in [0, 0.1) is 11.7 Å². The highest BCUT2D eigenvalue weighted by molar-refractivity contribution is 5.83. The summed E-state index contributed by atoms with van der Waals surface area (Å²) in [5, 5.41) is 2.10. The van der Waals surface area contributed by atoms with E-state index in [0.29, 0.717) is 0 Å². The predicted octanol–water partition coefficient (Wildman–Crippen LogP) is 8.62. The van der Waals surface area contributed by atoms with Crippen molar-refractivity contribution < 1.29 is 4.39 Å². The summed E-state index contributed by atoms with van der Waals surface area (Å²) in [5.74, 6) is 1.58. The summed E-state index contributed by atoms with van der Waals surface area (Å²) in [5.41, 5.74) is 4.27. The van der Waals surface area contributed by atoms with E-state index in [0.717, 1.165) is 35.4 Å². The molecule has 4 rings (SSSR count). The molecule has 3 aromatic rings. The molecule has 158 valence electrons. The molecule has 0 atom stereocenters. The molecule has 0 aromatic heterocycles. The van der Waals surface area contributed by atoms with Gasteiger partial charge in [0.15, 0.2) is 0 Å². The number of unbranched alkanes of at least 4 members (excludes halogenated alkanes) is 2. The molecule has 0 spiro atoms. The largest absolute Gasteiger partial charge is 0.207 e. The minimum atomic E-state index is -0.166. The van der Waals surface area contributed by atoms with Crippen LogP contribution in [0.3, 0.4) is 0 Å². The van der Waals surface area contributed by atoms with Crippen molar-refractivity contribution in [1.82, 2.24) is 0 Å². The average Bonchev–Trinajstić information content (AvgIpc) is 2.79. The first kappa shape index (κ1) is 21.1. The summed E-state index contributed by atoms with van der Waals surface area (Å²) >= 11 is 0. The molecule has 0 unspecified atom stereocenters. The van der Waals surface area contributed by atoms with Gasteiger partial charge in [-0.15, -0.1) is 0 Å². The maximum Gasteiger partial charge on any atom is 0.123 e. The second kappa shape index (κ2) is 10.2. The van der Waals surface area contributed by atoms with Crippen LogP contribution in [0.2, 0.25) is 0 Å². The smallest absolute Gasteiger partial charge is 0.123 e. The first-order chi connectivity index (χ1) is 14.7. The van der Waals surface area contributed by atoms with E-state index in [1.165, 1.54) is 62.5 Å². The van der Waals surface area contributed by atoms with E-state index in [1.54, 1.807) is 17.7 Å². The van der Waals surface area contributed by atoms with Gasteiger partial charge in [0.25, 0.3) is 0 Å². The summed E-state index contributed by atoms with van der Waals surface area (Å²) in [6.07, 6.45) is 13.3. The lowest BCUT2D eigenvalue weighted by molar-refractivity contribution is 0.303. The maximum atomic E-state index is 13.4. The topological polar surface area (TPSA) is 0 Å². The molecule has 0 amide bonds. The third kappa shape index (κ3) is 5.50. The van der Waals surface area contributed by atoms with Crippen molar-refractivity contribution >= 4 is 10.8 Å². The monoisotopic (exact) mass is 402 g/mol. The quantitative estimate of drug-likeness (QED) is 0.331. The number of benzene rings is 3. The zero-order valence-corrected chi connectivity index (χ0v) is 18.4. The Hall–Kier alpha value is -2.15. The van der Waals surface area contributed by atoms with Crippen LogP contribution in [0.4, 0.5) is 4.39 Å². The minimum Gasteiger partial charge on any atom is -0.207 e. The van der Waals surface area contributed by atoms with Crippen LogP contribution in [0.5, 0.6) is 0 Å². The molecule has 0 radical (unpaired) electrons. The molecule has 1 aliphatic carbocycles. The van der Waals surface area contributed by atoms with Crippen LogP contribution in [0.1, 0.15) is 80.9 Å². The highest BCUT2D eigenvalue weighted by atomic mass is 19.1. The Labute approximate surface area is 181 Å². The van der Waals surface area contributed by atoms with Gasteiger partial charge in [-0.2, -0.15) is 0 Å². The number of fused-ring (bicyclic) bond motifs is 1. The molecule has 30 heavy (non-hydrogen) atoms. The third-order valence-electron chi connectivity index (χ3n) is 7.08. The molecule has 1 fully saturated rings. The van der Waals surface area contributed by atoms with Crippen LogP contribution < -0.4 is 0 Å². The molecule has 0 bridgehead atoms. The Morgan fingerprint density at radius 1 is 0.733 bits per heavy atom. The summed E-state index contributed by atoms with van der Waals surface area (Å²) in [4.78, 5) is 0. The van der Waals surface area contributed by atoms with Crippen LogP contribution >= 0.6 is 0 Å². The molecular formula is C29H35F. The average molecular weight is 403 g/mol. The zero-order valence-electron chi connectivity index (χ0n) is 18.4. The van der Waals surface area contributed by atoms with Gasteiger partial charge in [-0.05, 0) is 90.0 Å². The minimum absolute atomic E-state index is 0.166. The molecule has 0 saturated heterocycles. The maximum absolute atomic E-state index is 13.4. The van der Waals surface area contributed by atoms with E-state index >= 15 is 0 Å². The van der Waals surface area contributed by atoms with E-state index in [2.05, 4.69) is 43.3 Å². The summed E-state index contributed by atoms with van der Waals surface area (Å²) in [6.45, 7) is 2.30. The van der Waals surface area contributed by atoms with Gasteiger partial charge in [0.1, 0.15) is 5.82 Å². The van der Waals surface area contributed by atoms with Gasteiger partial charge in [-0.25, -0.2) is 4.39 Å². The van der Waals surface area contributed by atoms with Crippen LogP contribution in [0.25, 0.3) is 10.8 Å². The van der Waals surface area contributed by atoms with Crippen molar-refractivity contribution in [3.63, 3.8) is 0 Å². The first-order valence-corrected chi connectivity index (χ1v) is 12.0. The highest BCUT2D eigenvalue weighted by Gasteiger charge is 2.21. The Kier molecular flexibility index (Phi) is 7.20. The van der Waals surface area contributed by atoms with Crippen molar-refractivity contribution in [3.8, 4) is 0 Å². The zero-order chi connectivity index (χ0) is 20.8. The predicted molar refractivity (Wildman–Crippen MR) is 127 cm³/mol. The molecule has 1 heteroatoms. The fourth-order valence-corrected chi connectivity index (χ4v) is 5.13. The highest BCUT2D eigenvalue weighted by Crippen LogP contribution is 2.37. The van der Waals surface area contributed by atoms with E-state index in [1.807, 2.05) is 12.1 Å². The molecule has 1 saturated carbocycles. The second-order valence-electron chi connectivity index (χ2n) is 9.28. The fraction of sp³-hybridized carbons (Fsp3) is 0.448. The standard InChI is InChI=1S/C29H35F/c1-2-3-4-5-22-8-13-25(14-9-22)26-15-10-23(11-16-26)6-7-24-12-17-28-21-29(30)19-18-27(28)20-24/h10-12,15-22,25H,2-9,13-14H2,1H3/t22-,25-. The number of hydrogen-bond acceptors (Lipinski definition) is 0. The molecule has 0 heterocycles. The lowest BCUT2D eigenvalue weighted by atomic mass is 9.77. The van der Waals surface area contributed by atoms with E-state index in [-0.39, 0.29) is 5.82 Å². The lowest BCUT2D eigenvalue weighted by Gasteiger charge is -2.29. The number of rotatable bonds is 8. The summed E-state index contributed by atoms with van der Waals surface area (Å²) < 4.78 is 13.4. The Morgan fingerprint density at radius 2 is 1.40 bits per heavy atom. The van der Waals surface area contributed by atoms with Gasteiger partial charge in [-0.3, -0.25) is 0 Å². The van der Waals surface area contributed by atoms with Crippen molar-refractivity contribution in [3.05, 3.63) is 83.2 Å². The number of aryl methyl sites for hydroxylation is 2. The molecule has 1 aliphatic rings. The van der Waals surface area contributed by atoms with Gasteiger partial charge in [0.05, 0.1) is 0 Å². The van der Waals surface area contributed by atoms with Crippen molar-refractivity contribution in [2.45, 2.75) is 77.0 Å². The normalized spacial score (nSPS) is 19.3. The van der Waals surface area contributed by atoms with Crippen LogP contribution in [-0.4, -0.2) is 0 Å². The van der Waals surface area contributed by atoms with Gasteiger partial charge in [0.2, 0.25) is 0 Å². The van der Waals surface area contributed by atoms with Crippen LogP contribution in [0.15, 0.2) is 60.7 Å². The lowest BCUT2D eigenvalue weighted by Crippen LogP contribution is -2.13. The van der Waals surface area contributed by atoms with Gasteiger partial charge in [-0.1, -0.05) is 81.1 Å². The van der Waals surface area contributed by atoms with Crippen LogP contribution in [-0.2, 0) is 12.8 Å². The molecule has 0 aliphatic heterocycles. The molecule has 0 nitrogen and oxygen atoms in total. The SMILES string of the molecule is CCCCC[C@H]1CC[C@H](c2ccc(CCc3ccc4cc(F)ccc4c3)cc2)CC1. The van der Waals surface area contributed by atoms with Gasteiger partial charge in [0, 0.05) is 0 Å². The van der Waals surface area contributed by atoms with Crippen molar-refractivity contribution in [2.75, 3.05) is 0 Å². The van der Waals surface area contributed by atoms with Gasteiger partial charge >= 0.3 is 0 Å². The van der Waals surface area contributed by atoms with Crippen molar-refractivity contribution in [1.29, 1.82) is 0 Å². The molecular weight excluding hydrogens is 367 g/mol. The van der Waals surface area contributed by atoms with Gasteiger partial charge < -0.3 is 0 Å². The first-order valence-electron chi connectivity index (χ1n) is 12.0. The summed E-state index contributed by atoms with van der Waals surface area (Å²) in [6, 6.07) is 20.8. The third-order valence-corrected chi connectivity index (χ3v) is 7.08. The fourth-order valence-electron chi connectivity index (χ4n) is 5.13.